The van der Waals surface area contributed by atoms with E-state index in [-0.39, 0.29) is 6.61 Å². The van der Waals surface area contributed by atoms with Gasteiger partial charge in [-0.25, -0.2) is 9.59 Å². The summed E-state index contributed by atoms with van der Waals surface area (Å²) in [6.07, 6.45) is 3.90. The molecule has 1 heterocycles. The number of carbonyl (C=O) groups is 1. The van der Waals surface area contributed by atoms with Gasteiger partial charge in [0.2, 0.25) is 0 Å². The number of carbonyl (C=O) groups excluding carboxylic acids is 1. The van der Waals surface area contributed by atoms with Crippen LogP contribution in [-0.4, -0.2) is 19.2 Å². The van der Waals surface area contributed by atoms with Gasteiger partial charge in [-0.05, 0) is 54.0 Å². The molecule has 1 aromatic heterocycles. The van der Waals surface area contributed by atoms with Crippen molar-refractivity contribution >= 4 is 33.8 Å². The van der Waals surface area contributed by atoms with Gasteiger partial charge < -0.3 is 18.6 Å². The first kappa shape index (κ1) is 23.1. The first-order valence-electron chi connectivity index (χ1n) is 11.3. The Balaban J connectivity index is 1.52. The standard InChI is InChI=1S/C28H26O6/c1-3-15-32-23-12-9-19(16-25(23)31-4-2)10-14-26(29)33-18-21-17-27(30)34-24-13-11-20-7-5-6-8-22(20)28(21)24/h5-14,16-17H,3-4,15,18H2,1-2H3. The third-order valence-electron chi connectivity index (χ3n) is 5.23. The summed E-state index contributed by atoms with van der Waals surface area (Å²) in [7, 11) is 0. The zero-order chi connectivity index (χ0) is 23.9. The van der Waals surface area contributed by atoms with Gasteiger partial charge in [0.25, 0.3) is 0 Å². The van der Waals surface area contributed by atoms with Crippen molar-refractivity contribution in [2.24, 2.45) is 0 Å². The summed E-state index contributed by atoms with van der Waals surface area (Å²) in [5, 5.41) is 2.70. The topological polar surface area (TPSA) is 75.0 Å². The van der Waals surface area contributed by atoms with E-state index in [1.165, 1.54) is 12.1 Å². The molecular formula is C28H26O6. The minimum Gasteiger partial charge on any atom is -0.490 e. The second-order valence-electron chi connectivity index (χ2n) is 7.68. The second kappa shape index (κ2) is 10.7. The van der Waals surface area contributed by atoms with Crippen LogP contribution >= 0.6 is 0 Å². The van der Waals surface area contributed by atoms with Gasteiger partial charge in [0.1, 0.15) is 12.2 Å². The van der Waals surface area contributed by atoms with Crippen molar-refractivity contribution in [1.29, 1.82) is 0 Å². The van der Waals surface area contributed by atoms with E-state index in [4.69, 9.17) is 18.6 Å². The van der Waals surface area contributed by atoms with Gasteiger partial charge in [-0.2, -0.15) is 0 Å². The van der Waals surface area contributed by atoms with Crippen molar-refractivity contribution in [1.82, 2.24) is 0 Å². The molecule has 174 valence electrons. The minimum atomic E-state index is -0.522. The van der Waals surface area contributed by atoms with E-state index in [9.17, 15) is 9.59 Å². The molecule has 0 saturated carbocycles. The third-order valence-corrected chi connectivity index (χ3v) is 5.23. The lowest BCUT2D eigenvalue weighted by Crippen LogP contribution is -2.06. The van der Waals surface area contributed by atoms with Crippen LogP contribution in [0.25, 0.3) is 27.8 Å². The fourth-order valence-corrected chi connectivity index (χ4v) is 3.72. The third kappa shape index (κ3) is 5.29. The minimum absolute atomic E-state index is 0.0483. The Kier molecular flexibility index (Phi) is 7.28. The highest BCUT2D eigenvalue weighted by atomic mass is 16.5. The van der Waals surface area contributed by atoms with Gasteiger partial charge in [-0.3, -0.25) is 0 Å². The SMILES string of the molecule is CCCOc1ccc(C=CC(=O)OCc2cc(=O)oc3ccc4ccccc4c23)cc1OCC. The van der Waals surface area contributed by atoms with E-state index >= 15 is 0 Å². The highest BCUT2D eigenvalue weighted by Crippen LogP contribution is 2.30. The number of hydrogen-bond donors (Lipinski definition) is 0. The van der Waals surface area contributed by atoms with E-state index in [1.807, 2.05) is 62.4 Å². The summed E-state index contributed by atoms with van der Waals surface area (Å²) in [4.78, 5) is 24.5. The average molecular weight is 459 g/mol. The van der Waals surface area contributed by atoms with Crippen molar-refractivity contribution < 1.29 is 23.4 Å². The van der Waals surface area contributed by atoms with E-state index in [0.717, 1.165) is 28.1 Å². The molecule has 0 aliphatic heterocycles. The Morgan fingerprint density at radius 3 is 2.65 bits per heavy atom. The van der Waals surface area contributed by atoms with Crippen LogP contribution in [-0.2, 0) is 16.1 Å². The first-order chi connectivity index (χ1) is 16.6. The highest BCUT2D eigenvalue weighted by Gasteiger charge is 2.11. The van der Waals surface area contributed by atoms with Crippen molar-refractivity contribution in [2.45, 2.75) is 26.9 Å². The Hall–Kier alpha value is -4.06. The monoisotopic (exact) mass is 458 g/mol. The van der Waals surface area contributed by atoms with Crippen LogP contribution in [0.2, 0.25) is 0 Å². The molecule has 6 heteroatoms. The van der Waals surface area contributed by atoms with Crippen molar-refractivity contribution in [3.63, 3.8) is 0 Å². The molecule has 0 N–H and O–H groups in total. The van der Waals surface area contributed by atoms with Crippen LogP contribution in [0.3, 0.4) is 0 Å². The molecule has 4 aromatic rings. The van der Waals surface area contributed by atoms with Gasteiger partial charge in [-0.1, -0.05) is 43.3 Å². The van der Waals surface area contributed by atoms with Crippen molar-refractivity contribution in [2.75, 3.05) is 13.2 Å². The maximum Gasteiger partial charge on any atom is 0.336 e. The molecule has 0 aliphatic carbocycles. The summed E-state index contributed by atoms with van der Waals surface area (Å²) in [6, 6.07) is 18.3. The Morgan fingerprint density at radius 1 is 0.971 bits per heavy atom. The molecule has 0 unspecified atom stereocenters. The Morgan fingerprint density at radius 2 is 1.82 bits per heavy atom. The van der Waals surface area contributed by atoms with E-state index in [1.54, 1.807) is 12.1 Å². The maximum absolute atomic E-state index is 12.4. The molecule has 0 fully saturated rings. The Bertz CT molecular complexity index is 1400. The number of rotatable bonds is 9. The molecule has 34 heavy (non-hydrogen) atoms. The number of fused-ring (bicyclic) bond motifs is 3. The lowest BCUT2D eigenvalue weighted by Gasteiger charge is -2.12. The van der Waals surface area contributed by atoms with Crippen molar-refractivity contribution in [3.05, 3.63) is 88.3 Å². The van der Waals surface area contributed by atoms with Crippen LogP contribution < -0.4 is 15.1 Å². The maximum atomic E-state index is 12.4. The summed E-state index contributed by atoms with van der Waals surface area (Å²) in [6.45, 7) is 5.00. The number of benzene rings is 3. The molecule has 0 atom stereocenters. The summed E-state index contributed by atoms with van der Waals surface area (Å²) in [5.41, 5.74) is 1.35. The van der Waals surface area contributed by atoms with Gasteiger partial charge >= 0.3 is 11.6 Å². The number of hydrogen-bond acceptors (Lipinski definition) is 6. The lowest BCUT2D eigenvalue weighted by molar-refractivity contribution is -0.138. The predicted molar refractivity (Wildman–Crippen MR) is 132 cm³/mol. The number of ether oxygens (including phenoxy) is 3. The zero-order valence-electron chi connectivity index (χ0n) is 19.2. The molecule has 3 aromatic carbocycles. The average Bonchev–Trinajstić information content (AvgIpc) is 2.85. The fraction of sp³-hybridized carbons (Fsp3) is 0.214. The lowest BCUT2D eigenvalue weighted by atomic mass is 10.0. The van der Waals surface area contributed by atoms with Crippen LogP contribution in [0, 0.1) is 0 Å². The van der Waals surface area contributed by atoms with Crippen LogP contribution in [0.1, 0.15) is 31.4 Å². The van der Waals surface area contributed by atoms with Gasteiger partial charge in [-0.15, -0.1) is 0 Å². The van der Waals surface area contributed by atoms with Crippen LogP contribution in [0.4, 0.5) is 0 Å². The van der Waals surface area contributed by atoms with Crippen molar-refractivity contribution in [3.8, 4) is 11.5 Å². The molecule has 6 nitrogen and oxygen atoms in total. The fourth-order valence-electron chi connectivity index (χ4n) is 3.72. The van der Waals surface area contributed by atoms with Crippen LogP contribution in [0.15, 0.2) is 76.0 Å². The second-order valence-corrected chi connectivity index (χ2v) is 7.68. The van der Waals surface area contributed by atoms with Crippen LogP contribution in [0.5, 0.6) is 11.5 Å². The molecule has 0 bridgehead atoms. The number of esters is 1. The smallest absolute Gasteiger partial charge is 0.336 e. The van der Waals surface area contributed by atoms with E-state index in [2.05, 4.69) is 0 Å². The van der Waals surface area contributed by atoms with Gasteiger partial charge in [0.15, 0.2) is 11.5 Å². The molecule has 0 aliphatic rings. The summed E-state index contributed by atoms with van der Waals surface area (Å²) < 4.78 is 22.2. The highest BCUT2D eigenvalue weighted by molar-refractivity contribution is 6.07. The molecular weight excluding hydrogens is 432 g/mol. The van der Waals surface area contributed by atoms with E-state index in [0.29, 0.717) is 35.9 Å². The molecule has 0 radical (unpaired) electrons. The summed E-state index contributed by atoms with van der Waals surface area (Å²) >= 11 is 0. The normalized spacial score (nSPS) is 11.2. The van der Waals surface area contributed by atoms with Gasteiger partial charge in [0, 0.05) is 23.1 Å². The molecule has 0 saturated heterocycles. The Labute approximate surface area is 197 Å². The zero-order valence-corrected chi connectivity index (χ0v) is 19.2. The first-order valence-corrected chi connectivity index (χ1v) is 11.3. The van der Waals surface area contributed by atoms with Gasteiger partial charge in [0.05, 0.1) is 13.2 Å². The molecule has 0 amide bonds. The quantitative estimate of drug-likeness (QED) is 0.135. The predicted octanol–water partition coefficient (Wildman–Crippen LogP) is 5.89. The molecule has 4 rings (SSSR count). The summed E-state index contributed by atoms with van der Waals surface area (Å²) in [5.74, 6) is 0.775. The molecule has 0 spiro atoms. The largest absolute Gasteiger partial charge is 0.490 e. The van der Waals surface area contributed by atoms with E-state index < -0.39 is 11.6 Å².